The Morgan fingerprint density at radius 2 is 2.00 bits per heavy atom. The van der Waals surface area contributed by atoms with Gasteiger partial charge in [-0.05, 0) is 24.5 Å². The van der Waals surface area contributed by atoms with Gasteiger partial charge in [-0.3, -0.25) is 0 Å². The number of halogens is 2. The lowest BCUT2D eigenvalue weighted by molar-refractivity contribution is 0.0594. The Bertz CT molecular complexity index is 478. The van der Waals surface area contributed by atoms with Gasteiger partial charge in [-0.25, -0.2) is 13.6 Å². The minimum atomic E-state index is -1.24. The predicted molar refractivity (Wildman–Crippen MR) is 71.6 cm³/mol. The molecule has 1 unspecified atom stereocenters. The van der Waals surface area contributed by atoms with Crippen molar-refractivity contribution < 1.29 is 23.4 Å². The summed E-state index contributed by atoms with van der Waals surface area (Å²) in [4.78, 5) is 11.2. The molecule has 0 heterocycles. The van der Waals surface area contributed by atoms with E-state index in [1.165, 1.54) is 12.1 Å². The molecule has 0 amide bonds. The van der Waals surface area contributed by atoms with Gasteiger partial charge in [-0.1, -0.05) is 13.8 Å². The zero-order chi connectivity index (χ0) is 15.3. The first-order valence-electron chi connectivity index (χ1n) is 6.36. The second-order valence-electron chi connectivity index (χ2n) is 4.79. The largest absolute Gasteiger partial charge is 0.465 e. The van der Waals surface area contributed by atoms with E-state index in [0.29, 0.717) is 6.42 Å². The van der Waals surface area contributed by atoms with Crippen molar-refractivity contribution in [2.75, 3.05) is 19.0 Å². The number of ether oxygens (including phenoxy) is 1. The number of hydrogen-bond acceptors (Lipinski definition) is 4. The van der Waals surface area contributed by atoms with Gasteiger partial charge in [-0.15, -0.1) is 0 Å². The number of rotatable bonds is 6. The van der Waals surface area contributed by atoms with Crippen molar-refractivity contribution in [1.29, 1.82) is 0 Å². The number of anilines is 1. The molecule has 2 N–H and O–H groups in total. The maximum Gasteiger partial charge on any atom is 0.340 e. The highest BCUT2D eigenvalue weighted by Gasteiger charge is 2.21. The van der Waals surface area contributed by atoms with Crippen molar-refractivity contribution in [2.45, 2.75) is 26.3 Å². The fraction of sp³-hybridized carbons (Fsp3) is 0.500. The van der Waals surface area contributed by atoms with E-state index in [2.05, 4.69) is 10.1 Å². The molecule has 0 aliphatic carbocycles. The predicted octanol–water partition coefficient (Wildman–Crippen LogP) is 2.57. The van der Waals surface area contributed by atoms with Crippen molar-refractivity contribution in [2.24, 2.45) is 5.92 Å². The molecule has 0 aliphatic rings. The number of benzene rings is 1. The number of carbonyl (C=O) groups excluding carboxylic acids is 1. The number of nitrogens with one attached hydrogen (secondary N) is 1. The Morgan fingerprint density at radius 1 is 1.35 bits per heavy atom. The molecular formula is C14H19F2NO3. The van der Waals surface area contributed by atoms with Gasteiger partial charge in [-0.2, -0.15) is 0 Å². The van der Waals surface area contributed by atoms with Gasteiger partial charge in [0, 0.05) is 12.6 Å². The maximum atomic E-state index is 13.9. The summed E-state index contributed by atoms with van der Waals surface area (Å²) in [5.41, 5.74) is -0.485. The topological polar surface area (TPSA) is 58.6 Å². The Balaban J connectivity index is 3.03. The molecule has 0 saturated carbocycles. The number of methoxy groups -OCH3 is 1. The van der Waals surface area contributed by atoms with Gasteiger partial charge in [0.2, 0.25) is 0 Å². The Labute approximate surface area is 116 Å². The van der Waals surface area contributed by atoms with Crippen LogP contribution in [-0.2, 0) is 4.74 Å². The number of aliphatic hydroxyl groups is 1. The third-order valence-corrected chi connectivity index (χ3v) is 3.07. The molecule has 0 aliphatic heterocycles. The van der Waals surface area contributed by atoms with E-state index in [1.54, 1.807) is 0 Å². The molecule has 0 aromatic heterocycles. The molecular weight excluding hydrogens is 268 g/mol. The molecule has 0 radical (unpaired) electrons. The molecule has 112 valence electrons. The van der Waals surface area contributed by atoms with E-state index < -0.39 is 23.2 Å². The summed E-state index contributed by atoms with van der Waals surface area (Å²) in [6.07, 6.45) is 0.414. The number of carbonyl (C=O) groups is 1. The molecule has 1 rings (SSSR count). The second-order valence-corrected chi connectivity index (χ2v) is 4.79. The van der Waals surface area contributed by atoms with Crippen LogP contribution in [0.15, 0.2) is 12.1 Å². The summed E-state index contributed by atoms with van der Waals surface area (Å²) in [5.74, 6) is -3.17. The third-order valence-electron chi connectivity index (χ3n) is 3.07. The van der Waals surface area contributed by atoms with Crippen LogP contribution in [0, 0.1) is 17.6 Å². The Morgan fingerprint density at radius 3 is 2.50 bits per heavy atom. The lowest BCUT2D eigenvalue weighted by atomic mass is 10.0. The Kier molecular flexibility index (Phi) is 5.88. The minimum absolute atomic E-state index is 0.0395. The monoisotopic (exact) mass is 287 g/mol. The maximum absolute atomic E-state index is 13.9. The molecule has 0 saturated heterocycles. The van der Waals surface area contributed by atoms with Crippen LogP contribution in [0.3, 0.4) is 0 Å². The van der Waals surface area contributed by atoms with E-state index in [0.717, 1.165) is 7.11 Å². The molecule has 0 fully saturated rings. The Hall–Kier alpha value is -1.69. The highest BCUT2D eigenvalue weighted by molar-refractivity contribution is 5.90. The summed E-state index contributed by atoms with van der Waals surface area (Å²) >= 11 is 0. The number of esters is 1. The molecule has 1 aromatic carbocycles. The second kappa shape index (κ2) is 7.19. The summed E-state index contributed by atoms with van der Waals surface area (Å²) in [7, 11) is 1.10. The zero-order valence-corrected chi connectivity index (χ0v) is 11.7. The van der Waals surface area contributed by atoms with Crippen LogP contribution in [0.1, 0.15) is 30.6 Å². The lowest BCUT2D eigenvalue weighted by Crippen LogP contribution is -2.27. The number of hydrogen-bond donors (Lipinski definition) is 2. The van der Waals surface area contributed by atoms with Crippen LogP contribution < -0.4 is 5.32 Å². The van der Waals surface area contributed by atoms with Crippen molar-refractivity contribution in [3.05, 3.63) is 29.3 Å². The average Bonchev–Trinajstić information content (AvgIpc) is 2.42. The van der Waals surface area contributed by atoms with E-state index in [-0.39, 0.29) is 24.3 Å². The third kappa shape index (κ3) is 3.66. The fourth-order valence-corrected chi connectivity index (χ4v) is 1.84. The standard InChI is InChI=1S/C14H19F2NO3/c1-8(2)10(6-7-18)17-11-5-4-9(14(19)20-3)12(15)13(11)16/h4-5,8,10,17-18H,6-7H2,1-3H3. The van der Waals surface area contributed by atoms with Gasteiger partial charge < -0.3 is 15.2 Å². The van der Waals surface area contributed by atoms with Crippen LogP contribution in [0.4, 0.5) is 14.5 Å². The minimum Gasteiger partial charge on any atom is -0.465 e. The number of aliphatic hydroxyl groups excluding tert-OH is 1. The van der Waals surface area contributed by atoms with Crippen LogP contribution in [0.2, 0.25) is 0 Å². The van der Waals surface area contributed by atoms with Gasteiger partial charge in [0.15, 0.2) is 11.6 Å². The van der Waals surface area contributed by atoms with Crippen molar-refractivity contribution >= 4 is 11.7 Å². The van der Waals surface area contributed by atoms with Crippen LogP contribution in [-0.4, -0.2) is 30.8 Å². The van der Waals surface area contributed by atoms with Crippen LogP contribution >= 0.6 is 0 Å². The summed E-state index contributed by atoms with van der Waals surface area (Å²) < 4.78 is 32.1. The van der Waals surface area contributed by atoms with Crippen molar-refractivity contribution in [3.8, 4) is 0 Å². The molecule has 4 nitrogen and oxygen atoms in total. The lowest BCUT2D eigenvalue weighted by Gasteiger charge is -2.23. The summed E-state index contributed by atoms with van der Waals surface area (Å²) in [5, 5.41) is 11.8. The zero-order valence-electron chi connectivity index (χ0n) is 11.7. The molecule has 1 atom stereocenters. The van der Waals surface area contributed by atoms with Crippen molar-refractivity contribution in [1.82, 2.24) is 0 Å². The molecule has 20 heavy (non-hydrogen) atoms. The average molecular weight is 287 g/mol. The van der Waals surface area contributed by atoms with Gasteiger partial charge in [0.1, 0.15) is 0 Å². The first kappa shape index (κ1) is 16.4. The quantitative estimate of drug-likeness (QED) is 0.790. The SMILES string of the molecule is COC(=O)c1ccc(NC(CCO)C(C)C)c(F)c1F. The molecule has 1 aromatic rings. The normalized spacial score (nSPS) is 12.3. The van der Waals surface area contributed by atoms with Crippen LogP contribution in [0.5, 0.6) is 0 Å². The molecule has 0 bridgehead atoms. The molecule has 0 spiro atoms. The molecule has 6 heteroatoms. The smallest absolute Gasteiger partial charge is 0.340 e. The summed E-state index contributed by atoms with van der Waals surface area (Å²) in [6, 6.07) is 2.26. The highest BCUT2D eigenvalue weighted by Crippen LogP contribution is 2.23. The van der Waals surface area contributed by atoms with E-state index in [1.807, 2.05) is 13.8 Å². The first-order valence-corrected chi connectivity index (χ1v) is 6.36. The van der Waals surface area contributed by atoms with E-state index in [4.69, 9.17) is 5.11 Å². The van der Waals surface area contributed by atoms with Gasteiger partial charge in [0.25, 0.3) is 0 Å². The fourth-order valence-electron chi connectivity index (χ4n) is 1.84. The van der Waals surface area contributed by atoms with E-state index in [9.17, 15) is 13.6 Å². The van der Waals surface area contributed by atoms with E-state index >= 15 is 0 Å². The van der Waals surface area contributed by atoms with Gasteiger partial charge >= 0.3 is 5.97 Å². The van der Waals surface area contributed by atoms with Crippen LogP contribution in [0.25, 0.3) is 0 Å². The van der Waals surface area contributed by atoms with Crippen molar-refractivity contribution in [3.63, 3.8) is 0 Å². The highest BCUT2D eigenvalue weighted by atomic mass is 19.2. The summed E-state index contributed by atoms with van der Waals surface area (Å²) in [6.45, 7) is 3.76. The first-order chi connectivity index (χ1) is 9.42. The van der Waals surface area contributed by atoms with Gasteiger partial charge in [0.05, 0.1) is 18.4 Å².